The molecule has 2 rings (SSSR count). The second-order valence-corrected chi connectivity index (χ2v) is 9.17. The minimum absolute atomic E-state index is 0.0696. The number of ether oxygens (including phenoxy) is 2. The number of rotatable bonds is 6. The third-order valence-corrected chi connectivity index (χ3v) is 5.19. The topological polar surface area (TPSA) is 67.9 Å². The molecule has 1 heterocycles. The maximum absolute atomic E-state index is 13.5. The van der Waals surface area contributed by atoms with Crippen molar-refractivity contribution in [1.82, 2.24) is 4.90 Å². The molecule has 0 radical (unpaired) electrons. The van der Waals surface area contributed by atoms with Crippen molar-refractivity contribution >= 4 is 17.7 Å². The smallest absolute Gasteiger partial charge is 0.418 e. The SMILES string of the molecule is CCOC(=O)c1ccc(C(F)(F)F)c(NC(C)CC2CCN(C(=O)OC(C)(C)C)CC2)c1. The van der Waals surface area contributed by atoms with Gasteiger partial charge in [-0.1, -0.05) is 0 Å². The number of piperidine rings is 1. The number of hydrogen-bond donors (Lipinski definition) is 1. The number of likely N-dealkylation sites (tertiary alicyclic amines) is 1. The molecule has 0 aromatic heterocycles. The standard InChI is InChI=1S/C23H33F3N2O4/c1-6-31-20(29)17-7-8-18(23(24,25)26)19(14-17)27-15(2)13-16-9-11-28(12-10-16)21(30)32-22(3,4)5/h7-8,14-16,27H,6,9-13H2,1-5H3. The molecule has 1 aromatic carbocycles. The van der Waals surface area contributed by atoms with Crippen LogP contribution in [-0.2, 0) is 15.7 Å². The normalized spacial score (nSPS) is 16.4. The Labute approximate surface area is 187 Å². The molecule has 1 aromatic rings. The number of hydrogen-bond acceptors (Lipinski definition) is 5. The van der Waals surface area contributed by atoms with Crippen molar-refractivity contribution < 1.29 is 32.2 Å². The van der Waals surface area contributed by atoms with E-state index in [1.807, 2.05) is 27.7 Å². The first-order valence-electron chi connectivity index (χ1n) is 10.9. The van der Waals surface area contributed by atoms with Crippen LogP contribution in [0.2, 0.25) is 0 Å². The van der Waals surface area contributed by atoms with E-state index in [1.54, 1.807) is 11.8 Å². The number of alkyl halides is 3. The molecule has 1 aliphatic rings. The summed E-state index contributed by atoms with van der Waals surface area (Å²) in [4.78, 5) is 25.8. The molecule has 1 unspecified atom stereocenters. The summed E-state index contributed by atoms with van der Waals surface area (Å²) in [5.74, 6) is -0.398. The van der Waals surface area contributed by atoms with Gasteiger partial charge in [0.05, 0.1) is 17.7 Å². The van der Waals surface area contributed by atoms with Gasteiger partial charge >= 0.3 is 18.2 Å². The van der Waals surface area contributed by atoms with Crippen LogP contribution in [0.4, 0.5) is 23.7 Å². The lowest BCUT2D eigenvalue weighted by atomic mass is 9.90. The lowest BCUT2D eigenvalue weighted by Crippen LogP contribution is -2.42. The quantitative estimate of drug-likeness (QED) is 0.552. The Morgan fingerprint density at radius 1 is 1.19 bits per heavy atom. The van der Waals surface area contributed by atoms with Crippen LogP contribution in [0.15, 0.2) is 18.2 Å². The molecule has 0 aliphatic carbocycles. The summed E-state index contributed by atoms with van der Waals surface area (Å²) in [7, 11) is 0. The second kappa shape index (κ2) is 10.4. The zero-order valence-corrected chi connectivity index (χ0v) is 19.3. The maximum atomic E-state index is 13.5. The van der Waals surface area contributed by atoms with E-state index in [4.69, 9.17) is 9.47 Å². The summed E-state index contributed by atoms with van der Waals surface area (Å²) < 4.78 is 50.7. The number of anilines is 1. The van der Waals surface area contributed by atoms with E-state index in [0.717, 1.165) is 25.0 Å². The average molecular weight is 459 g/mol. The lowest BCUT2D eigenvalue weighted by molar-refractivity contribution is -0.137. The van der Waals surface area contributed by atoms with Crippen LogP contribution in [0.25, 0.3) is 0 Å². The summed E-state index contributed by atoms with van der Waals surface area (Å²) >= 11 is 0. The lowest BCUT2D eigenvalue weighted by Gasteiger charge is -2.34. The van der Waals surface area contributed by atoms with Gasteiger partial charge in [0.15, 0.2) is 0 Å². The van der Waals surface area contributed by atoms with Crippen LogP contribution >= 0.6 is 0 Å². The fourth-order valence-corrected chi connectivity index (χ4v) is 3.75. The molecule has 0 bridgehead atoms. The van der Waals surface area contributed by atoms with Gasteiger partial charge in [-0.3, -0.25) is 0 Å². The number of nitrogens with one attached hydrogen (secondary N) is 1. The predicted octanol–water partition coefficient (Wildman–Crippen LogP) is 5.72. The Bertz CT molecular complexity index is 797. The first-order chi connectivity index (χ1) is 14.8. The molecule has 1 N–H and O–H groups in total. The third-order valence-electron chi connectivity index (χ3n) is 5.19. The summed E-state index contributed by atoms with van der Waals surface area (Å²) in [5, 5.41) is 2.93. The van der Waals surface area contributed by atoms with Crippen molar-refractivity contribution in [2.45, 2.75) is 71.7 Å². The largest absolute Gasteiger partial charge is 0.462 e. The molecule has 1 atom stereocenters. The van der Waals surface area contributed by atoms with Crippen LogP contribution in [0, 0.1) is 5.92 Å². The van der Waals surface area contributed by atoms with Gasteiger partial charge in [0.1, 0.15) is 5.60 Å². The number of benzene rings is 1. The molecule has 9 heteroatoms. The minimum atomic E-state index is -4.55. The average Bonchev–Trinajstić information content (AvgIpc) is 2.66. The van der Waals surface area contributed by atoms with E-state index in [1.165, 1.54) is 6.07 Å². The van der Waals surface area contributed by atoms with E-state index < -0.39 is 23.3 Å². The first-order valence-corrected chi connectivity index (χ1v) is 10.9. The van der Waals surface area contributed by atoms with Gasteiger partial charge in [0.25, 0.3) is 0 Å². The molecule has 6 nitrogen and oxygen atoms in total. The minimum Gasteiger partial charge on any atom is -0.462 e. The highest BCUT2D eigenvalue weighted by molar-refractivity contribution is 5.91. The Hall–Kier alpha value is -2.45. The molecule has 32 heavy (non-hydrogen) atoms. The molecular weight excluding hydrogens is 425 g/mol. The molecule has 0 spiro atoms. The van der Waals surface area contributed by atoms with E-state index >= 15 is 0 Å². The fraction of sp³-hybridized carbons (Fsp3) is 0.652. The van der Waals surface area contributed by atoms with Crippen molar-refractivity contribution in [3.63, 3.8) is 0 Å². The molecule has 1 fully saturated rings. The van der Waals surface area contributed by atoms with Crippen LogP contribution < -0.4 is 5.32 Å². The van der Waals surface area contributed by atoms with Gasteiger partial charge in [-0.2, -0.15) is 13.2 Å². The highest BCUT2D eigenvalue weighted by Crippen LogP contribution is 2.36. The number of nitrogens with zero attached hydrogens (tertiary/aromatic N) is 1. The van der Waals surface area contributed by atoms with Crippen LogP contribution in [0.3, 0.4) is 0 Å². The second-order valence-electron chi connectivity index (χ2n) is 9.17. The Balaban J connectivity index is 2.00. The van der Waals surface area contributed by atoms with Crippen molar-refractivity contribution in [1.29, 1.82) is 0 Å². The van der Waals surface area contributed by atoms with Gasteiger partial charge in [-0.05, 0) is 78.0 Å². The van der Waals surface area contributed by atoms with Gasteiger partial charge in [0.2, 0.25) is 0 Å². The molecular formula is C23H33F3N2O4. The molecule has 180 valence electrons. The number of esters is 1. The number of halogens is 3. The summed E-state index contributed by atoms with van der Waals surface area (Å²) in [6.07, 6.45) is -2.75. The molecule has 1 aliphatic heterocycles. The fourth-order valence-electron chi connectivity index (χ4n) is 3.75. The summed E-state index contributed by atoms with van der Waals surface area (Å²) in [5.41, 5.74) is -1.44. The van der Waals surface area contributed by atoms with Crippen molar-refractivity contribution in [2.24, 2.45) is 5.92 Å². The summed E-state index contributed by atoms with van der Waals surface area (Å²) in [6.45, 7) is 10.2. The molecule has 1 amide bonds. The van der Waals surface area contributed by atoms with E-state index in [9.17, 15) is 22.8 Å². The number of carbonyl (C=O) groups excluding carboxylic acids is 2. The van der Waals surface area contributed by atoms with Gasteiger partial charge in [-0.25, -0.2) is 9.59 Å². The number of amides is 1. The Morgan fingerprint density at radius 3 is 2.34 bits per heavy atom. The first kappa shape index (κ1) is 25.8. The third kappa shape index (κ3) is 7.60. The van der Waals surface area contributed by atoms with Crippen LogP contribution in [-0.4, -0.2) is 48.3 Å². The maximum Gasteiger partial charge on any atom is 0.418 e. The van der Waals surface area contributed by atoms with Gasteiger partial charge < -0.3 is 19.7 Å². The monoisotopic (exact) mass is 458 g/mol. The highest BCUT2D eigenvalue weighted by atomic mass is 19.4. The van der Waals surface area contributed by atoms with Crippen LogP contribution in [0.1, 0.15) is 69.8 Å². The van der Waals surface area contributed by atoms with Crippen molar-refractivity contribution in [3.8, 4) is 0 Å². The zero-order valence-electron chi connectivity index (χ0n) is 19.3. The summed E-state index contributed by atoms with van der Waals surface area (Å²) in [6, 6.07) is 2.97. The van der Waals surface area contributed by atoms with E-state index in [-0.39, 0.29) is 35.9 Å². The Kier molecular flexibility index (Phi) is 8.42. The number of carbonyl (C=O) groups is 2. The van der Waals surface area contributed by atoms with Gasteiger partial charge in [0, 0.05) is 24.8 Å². The van der Waals surface area contributed by atoms with Gasteiger partial charge in [-0.15, -0.1) is 0 Å². The molecule has 0 saturated carbocycles. The zero-order chi connectivity index (χ0) is 24.1. The highest BCUT2D eigenvalue weighted by Gasteiger charge is 2.35. The predicted molar refractivity (Wildman–Crippen MR) is 116 cm³/mol. The van der Waals surface area contributed by atoms with Crippen molar-refractivity contribution in [2.75, 3.05) is 25.0 Å². The molecule has 1 saturated heterocycles. The van der Waals surface area contributed by atoms with Crippen molar-refractivity contribution in [3.05, 3.63) is 29.3 Å². The Morgan fingerprint density at radius 2 is 1.81 bits per heavy atom. The van der Waals surface area contributed by atoms with Crippen LogP contribution in [0.5, 0.6) is 0 Å². The van der Waals surface area contributed by atoms with E-state index in [2.05, 4.69) is 5.32 Å². The van der Waals surface area contributed by atoms with E-state index in [0.29, 0.717) is 19.5 Å².